The summed E-state index contributed by atoms with van der Waals surface area (Å²) >= 11 is 12.8. The molecule has 3 rings (SSSR count). The number of nitrogens with one attached hydrogen (secondary N) is 2. The Labute approximate surface area is 166 Å². The van der Waals surface area contributed by atoms with Crippen molar-refractivity contribution in [1.82, 2.24) is 10.3 Å². The van der Waals surface area contributed by atoms with E-state index in [1.807, 2.05) is 0 Å². The molecule has 2 N–H and O–H groups in total. The summed E-state index contributed by atoms with van der Waals surface area (Å²) in [7, 11) is 0. The van der Waals surface area contributed by atoms with Crippen LogP contribution in [0.5, 0.6) is 0 Å². The smallest absolute Gasteiger partial charge is 0.253 e. The van der Waals surface area contributed by atoms with Gasteiger partial charge in [0.25, 0.3) is 5.91 Å². The molecule has 10 heteroatoms. The highest BCUT2D eigenvalue weighted by Gasteiger charge is 2.20. The van der Waals surface area contributed by atoms with E-state index in [2.05, 4.69) is 15.6 Å². The van der Waals surface area contributed by atoms with Gasteiger partial charge in [-0.15, -0.1) is 0 Å². The van der Waals surface area contributed by atoms with Gasteiger partial charge < -0.3 is 10.6 Å². The van der Waals surface area contributed by atoms with Gasteiger partial charge in [-0.05, 0) is 25.1 Å². The molecule has 0 radical (unpaired) electrons. The number of anilines is 1. The van der Waals surface area contributed by atoms with Gasteiger partial charge in [0.15, 0.2) is 16.8 Å². The number of hydrogen-bond acceptors (Lipinski definition) is 4. The number of halogens is 4. The SMILES string of the molecule is CC(NC(=O)c1cccc(Cl)c1Cl)C(=O)Nc1nc2cc(F)c(F)cc2s1. The topological polar surface area (TPSA) is 71.1 Å². The molecule has 2 aromatic carbocycles. The van der Waals surface area contributed by atoms with Crippen LogP contribution in [0.4, 0.5) is 13.9 Å². The number of thiazole rings is 1. The van der Waals surface area contributed by atoms with Crippen molar-refractivity contribution in [3.63, 3.8) is 0 Å². The summed E-state index contributed by atoms with van der Waals surface area (Å²) in [5.41, 5.74) is 0.353. The monoisotopic (exact) mass is 429 g/mol. The molecule has 0 aliphatic carbocycles. The first kappa shape index (κ1) is 19.5. The molecule has 1 heterocycles. The third kappa shape index (κ3) is 4.18. The number of fused-ring (bicyclic) bond motifs is 1. The van der Waals surface area contributed by atoms with Gasteiger partial charge in [0.05, 0.1) is 25.8 Å². The van der Waals surface area contributed by atoms with Gasteiger partial charge in [0.1, 0.15) is 6.04 Å². The van der Waals surface area contributed by atoms with Crippen LogP contribution in [0.2, 0.25) is 10.0 Å². The van der Waals surface area contributed by atoms with Crippen molar-refractivity contribution >= 4 is 61.7 Å². The Hall–Kier alpha value is -2.29. The van der Waals surface area contributed by atoms with Crippen molar-refractivity contribution < 1.29 is 18.4 Å². The Morgan fingerprint density at radius 1 is 1.19 bits per heavy atom. The molecule has 1 aromatic heterocycles. The molecule has 3 aromatic rings. The first-order chi connectivity index (χ1) is 12.8. The normalized spacial score (nSPS) is 12.0. The predicted octanol–water partition coefficient (Wildman–Crippen LogP) is 4.64. The van der Waals surface area contributed by atoms with Crippen LogP contribution in [0.25, 0.3) is 10.2 Å². The predicted molar refractivity (Wildman–Crippen MR) is 102 cm³/mol. The molecule has 1 atom stereocenters. The highest BCUT2D eigenvalue weighted by Crippen LogP contribution is 2.28. The zero-order valence-corrected chi connectivity index (χ0v) is 16.0. The summed E-state index contributed by atoms with van der Waals surface area (Å²) in [5, 5.41) is 5.46. The average molecular weight is 430 g/mol. The lowest BCUT2D eigenvalue weighted by atomic mass is 10.2. The highest BCUT2D eigenvalue weighted by atomic mass is 35.5. The number of benzene rings is 2. The molecule has 0 aliphatic rings. The minimum atomic E-state index is -1.02. The first-order valence-electron chi connectivity index (χ1n) is 7.57. The molecule has 2 amide bonds. The van der Waals surface area contributed by atoms with Crippen LogP contribution in [-0.4, -0.2) is 22.8 Å². The van der Waals surface area contributed by atoms with Crippen molar-refractivity contribution in [2.45, 2.75) is 13.0 Å². The third-order valence-electron chi connectivity index (χ3n) is 3.60. The summed E-state index contributed by atoms with van der Waals surface area (Å²) < 4.78 is 26.9. The summed E-state index contributed by atoms with van der Waals surface area (Å²) in [6.07, 6.45) is 0. The lowest BCUT2D eigenvalue weighted by Gasteiger charge is -2.14. The van der Waals surface area contributed by atoms with E-state index in [1.165, 1.54) is 19.1 Å². The van der Waals surface area contributed by atoms with E-state index in [0.717, 1.165) is 23.5 Å². The number of carbonyl (C=O) groups excluding carboxylic acids is 2. The van der Waals surface area contributed by atoms with E-state index in [-0.39, 0.29) is 26.3 Å². The minimum absolute atomic E-state index is 0.0829. The number of aromatic nitrogens is 1. The molecule has 0 saturated heterocycles. The van der Waals surface area contributed by atoms with Gasteiger partial charge in [0, 0.05) is 6.07 Å². The molecule has 0 aliphatic heterocycles. The average Bonchev–Trinajstić information content (AvgIpc) is 2.98. The van der Waals surface area contributed by atoms with Gasteiger partial charge in [-0.1, -0.05) is 40.6 Å². The van der Waals surface area contributed by atoms with Crippen LogP contribution in [0.3, 0.4) is 0 Å². The summed E-state index contributed by atoms with van der Waals surface area (Å²) in [6, 6.07) is 5.61. The van der Waals surface area contributed by atoms with E-state index in [9.17, 15) is 18.4 Å². The lowest BCUT2D eigenvalue weighted by Crippen LogP contribution is -2.41. The number of nitrogens with zero attached hydrogens (tertiary/aromatic N) is 1. The molecule has 5 nitrogen and oxygen atoms in total. The molecule has 0 bridgehead atoms. The minimum Gasteiger partial charge on any atom is -0.340 e. The molecule has 0 fully saturated rings. The lowest BCUT2D eigenvalue weighted by molar-refractivity contribution is -0.117. The molecule has 140 valence electrons. The number of amides is 2. The number of rotatable bonds is 4. The fraction of sp³-hybridized carbons (Fsp3) is 0.118. The molecule has 1 unspecified atom stereocenters. The van der Waals surface area contributed by atoms with Crippen LogP contribution in [0.15, 0.2) is 30.3 Å². The maximum absolute atomic E-state index is 13.3. The molecule has 27 heavy (non-hydrogen) atoms. The fourth-order valence-electron chi connectivity index (χ4n) is 2.21. The van der Waals surface area contributed by atoms with Crippen molar-refractivity contribution in [2.24, 2.45) is 0 Å². The van der Waals surface area contributed by atoms with Crippen LogP contribution < -0.4 is 10.6 Å². The maximum Gasteiger partial charge on any atom is 0.253 e. The largest absolute Gasteiger partial charge is 0.340 e. The van der Waals surface area contributed by atoms with Crippen molar-refractivity contribution in [3.8, 4) is 0 Å². The van der Waals surface area contributed by atoms with Gasteiger partial charge in [-0.25, -0.2) is 13.8 Å². The zero-order chi connectivity index (χ0) is 19.7. The van der Waals surface area contributed by atoms with Gasteiger partial charge >= 0.3 is 0 Å². The molecule has 0 spiro atoms. The molecule has 0 saturated carbocycles. The highest BCUT2D eigenvalue weighted by molar-refractivity contribution is 7.22. The van der Waals surface area contributed by atoms with E-state index in [0.29, 0.717) is 4.70 Å². The van der Waals surface area contributed by atoms with Crippen molar-refractivity contribution in [3.05, 3.63) is 57.6 Å². The Morgan fingerprint density at radius 3 is 2.63 bits per heavy atom. The van der Waals surface area contributed by atoms with E-state index < -0.39 is 29.5 Å². The fourth-order valence-corrected chi connectivity index (χ4v) is 3.47. The standard InChI is InChI=1S/C17H11Cl2F2N3O2S/c1-7(22-16(26)8-3-2-4-9(18)14(8)19)15(25)24-17-23-12-5-10(20)11(21)6-13(12)27-17/h2-7H,1H3,(H,22,26)(H,23,24,25). The number of carbonyl (C=O) groups is 2. The summed E-state index contributed by atoms with van der Waals surface area (Å²) in [4.78, 5) is 28.6. The third-order valence-corrected chi connectivity index (χ3v) is 5.35. The molecular formula is C17H11Cl2F2N3O2S. The van der Waals surface area contributed by atoms with Crippen LogP contribution in [-0.2, 0) is 4.79 Å². The van der Waals surface area contributed by atoms with Crippen molar-refractivity contribution in [2.75, 3.05) is 5.32 Å². The Kier molecular flexibility index (Phi) is 5.59. The molecular weight excluding hydrogens is 419 g/mol. The van der Waals surface area contributed by atoms with Gasteiger partial charge in [-0.3, -0.25) is 9.59 Å². The van der Waals surface area contributed by atoms with Crippen molar-refractivity contribution in [1.29, 1.82) is 0 Å². The zero-order valence-electron chi connectivity index (χ0n) is 13.6. The Balaban J connectivity index is 1.70. The quantitative estimate of drug-likeness (QED) is 0.634. The van der Waals surface area contributed by atoms with Gasteiger partial charge in [-0.2, -0.15) is 0 Å². The van der Waals surface area contributed by atoms with E-state index >= 15 is 0 Å². The van der Waals surface area contributed by atoms with E-state index in [1.54, 1.807) is 6.07 Å². The Morgan fingerprint density at radius 2 is 1.89 bits per heavy atom. The van der Waals surface area contributed by atoms with Crippen LogP contribution in [0.1, 0.15) is 17.3 Å². The second-order valence-corrected chi connectivity index (χ2v) is 7.35. The van der Waals surface area contributed by atoms with Crippen LogP contribution in [0, 0.1) is 11.6 Å². The van der Waals surface area contributed by atoms with Gasteiger partial charge in [0.2, 0.25) is 5.91 Å². The van der Waals surface area contributed by atoms with Crippen LogP contribution >= 0.6 is 34.5 Å². The van der Waals surface area contributed by atoms with E-state index in [4.69, 9.17) is 23.2 Å². The summed E-state index contributed by atoms with van der Waals surface area (Å²) in [5.74, 6) is -3.15. The Bertz CT molecular complexity index is 1020. The first-order valence-corrected chi connectivity index (χ1v) is 9.15. The second kappa shape index (κ2) is 7.75. The number of hydrogen-bond donors (Lipinski definition) is 2. The summed E-state index contributed by atoms with van der Waals surface area (Å²) in [6.45, 7) is 1.47. The maximum atomic E-state index is 13.3. The second-order valence-electron chi connectivity index (χ2n) is 5.54.